The van der Waals surface area contributed by atoms with E-state index < -0.39 is 0 Å². The molecule has 0 radical (unpaired) electrons. The maximum Gasteiger partial charge on any atom is 0.124 e. The largest absolute Gasteiger partial charge is 0.496 e. The Morgan fingerprint density at radius 3 is 2.67 bits per heavy atom. The van der Waals surface area contributed by atoms with Crippen molar-refractivity contribution in [1.82, 2.24) is 4.98 Å². The maximum atomic E-state index is 6.31. The Hall–Kier alpha value is -1.10. The zero-order valence-corrected chi connectivity index (χ0v) is 12.1. The molecular weight excluding hydrogens is 268 g/mol. The van der Waals surface area contributed by atoms with E-state index in [1.807, 2.05) is 26.0 Å². The molecule has 2 rings (SSSR count). The molecule has 96 valence electrons. The summed E-state index contributed by atoms with van der Waals surface area (Å²) >= 11 is 7.63. The number of rotatable bonds is 3. The predicted octanol–water partition coefficient (Wildman–Crippen LogP) is 3.47. The van der Waals surface area contributed by atoms with E-state index in [0.717, 1.165) is 26.9 Å². The minimum Gasteiger partial charge on any atom is -0.496 e. The normalized spacial score (nSPS) is 12.5. The number of hydrogen-bond acceptors (Lipinski definition) is 4. The van der Waals surface area contributed by atoms with Crippen molar-refractivity contribution in [2.45, 2.75) is 19.9 Å². The zero-order valence-electron chi connectivity index (χ0n) is 10.5. The lowest BCUT2D eigenvalue weighted by Crippen LogP contribution is -2.12. The van der Waals surface area contributed by atoms with E-state index >= 15 is 0 Å². The molecular formula is C13H15ClN2OS. The molecule has 0 saturated carbocycles. The Kier molecular flexibility index (Phi) is 3.90. The average Bonchev–Trinajstić information content (AvgIpc) is 2.67. The van der Waals surface area contributed by atoms with Gasteiger partial charge in [0.1, 0.15) is 5.75 Å². The van der Waals surface area contributed by atoms with E-state index in [1.165, 1.54) is 0 Å². The quantitative estimate of drug-likeness (QED) is 0.938. The monoisotopic (exact) mass is 282 g/mol. The first-order valence-corrected chi connectivity index (χ1v) is 6.75. The van der Waals surface area contributed by atoms with Crippen molar-refractivity contribution >= 4 is 22.9 Å². The Bertz CT molecular complexity index is 568. The molecule has 0 saturated heterocycles. The molecule has 18 heavy (non-hydrogen) atoms. The van der Waals surface area contributed by atoms with Gasteiger partial charge in [-0.25, -0.2) is 4.98 Å². The summed E-state index contributed by atoms with van der Waals surface area (Å²) in [5.74, 6) is 0.748. The second kappa shape index (κ2) is 5.26. The van der Waals surface area contributed by atoms with Crippen molar-refractivity contribution in [3.63, 3.8) is 0 Å². The number of benzene rings is 1. The van der Waals surface area contributed by atoms with Gasteiger partial charge in [0, 0.05) is 15.5 Å². The number of thiazole rings is 1. The minimum atomic E-state index is -0.259. The van der Waals surface area contributed by atoms with Gasteiger partial charge in [-0.05, 0) is 32.0 Å². The smallest absolute Gasteiger partial charge is 0.124 e. The van der Waals surface area contributed by atoms with Gasteiger partial charge in [-0.3, -0.25) is 0 Å². The number of ether oxygens (including phenoxy) is 1. The number of nitrogens with two attached hydrogens (primary N) is 1. The third kappa shape index (κ3) is 2.51. The number of methoxy groups -OCH3 is 1. The third-order valence-corrected chi connectivity index (χ3v) is 4.14. The van der Waals surface area contributed by atoms with Crippen molar-refractivity contribution < 1.29 is 4.74 Å². The fourth-order valence-corrected chi connectivity index (χ4v) is 3.05. The van der Waals surface area contributed by atoms with Gasteiger partial charge >= 0.3 is 0 Å². The molecule has 3 nitrogen and oxygen atoms in total. The van der Waals surface area contributed by atoms with Crippen molar-refractivity contribution in [2.75, 3.05) is 7.11 Å². The molecule has 0 bridgehead atoms. The fraction of sp³-hybridized carbons (Fsp3) is 0.308. The zero-order chi connectivity index (χ0) is 13.3. The summed E-state index contributed by atoms with van der Waals surface area (Å²) in [7, 11) is 1.63. The van der Waals surface area contributed by atoms with Crippen LogP contribution in [0.2, 0.25) is 5.02 Å². The summed E-state index contributed by atoms with van der Waals surface area (Å²) < 4.78 is 5.34. The van der Waals surface area contributed by atoms with Crippen LogP contribution in [-0.2, 0) is 0 Å². The summed E-state index contributed by atoms with van der Waals surface area (Å²) in [6.07, 6.45) is 0. The molecule has 2 N–H and O–H groups in total. The summed E-state index contributed by atoms with van der Waals surface area (Å²) in [5.41, 5.74) is 8.16. The van der Waals surface area contributed by atoms with Crippen LogP contribution in [0, 0.1) is 13.8 Å². The van der Waals surface area contributed by atoms with Crippen LogP contribution in [0.15, 0.2) is 18.2 Å². The van der Waals surface area contributed by atoms with E-state index in [2.05, 4.69) is 4.98 Å². The van der Waals surface area contributed by atoms with E-state index in [9.17, 15) is 0 Å². The van der Waals surface area contributed by atoms with Crippen LogP contribution in [0.3, 0.4) is 0 Å². The van der Waals surface area contributed by atoms with Gasteiger partial charge in [-0.1, -0.05) is 11.6 Å². The van der Waals surface area contributed by atoms with E-state index in [0.29, 0.717) is 5.02 Å². The molecule has 0 aliphatic rings. The van der Waals surface area contributed by atoms with Crippen molar-refractivity contribution in [2.24, 2.45) is 5.73 Å². The SMILES string of the molecule is COc1ccc(Cl)cc1C(N)c1sc(C)nc1C. The third-order valence-electron chi connectivity index (χ3n) is 2.75. The Labute approximate surface area is 116 Å². The van der Waals surface area contributed by atoms with Crippen LogP contribution in [0.25, 0.3) is 0 Å². The van der Waals surface area contributed by atoms with Gasteiger partial charge in [0.25, 0.3) is 0 Å². The summed E-state index contributed by atoms with van der Waals surface area (Å²) in [6.45, 7) is 3.94. The molecule has 1 heterocycles. The molecule has 2 aromatic rings. The topological polar surface area (TPSA) is 48.1 Å². The second-order valence-electron chi connectivity index (χ2n) is 4.05. The lowest BCUT2D eigenvalue weighted by atomic mass is 10.0. The van der Waals surface area contributed by atoms with Gasteiger partial charge in [0.05, 0.1) is 23.9 Å². The average molecular weight is 283 g/mol. The van der Waals surface area contributed by atoms with Gasteiger partial charge in [0.2, 0.25) is 0 Å². The van der Waals surface area contributed by atoms with E-state index in [-0.39, 0.29) is 6.04 Å². The number of nitrogens with zero attached hydrogens (tertiary/aromatic N) is 1. The van der Waals surface area contributed by atoms with Crippen molar-refractivity contribution in [3.8, 4) is 5.75 Å². The molecule has 1 unspecified atom stereocenters. The standard InChI is InChI=1S/C13H15ClN2OS/c1-7-13(18-8(2)16-7)12(15)10-6-9(14)4-5-11(10)17-3/h4-6,12H,15H2,1-3H3. The summed E-state index contributed by atoms with van der Waals surface area (Å²) in [6, 6.07) is 5.21. The first-order valence-electron chi connectivity index (χ1n) is 5.56. The predicted molar refractivity (Wildman–Crippen MR) is 75.6 cm³/mol. The molecule has 0 spiro atoms. The molecule has 0 fully saturated rings. The van der Waals surface area contributed by atoms with Crippen LogP contribution in [0.1, 0.15) is 27.2 Å². The number of halogens is 1. The second-order valence-corrected chi connectivity index (χ2v) is 5.72. The molecule has 1 atom stereocenters. The maximum absolute atomic E-state index is 6.31. The van der Waals surface area contributed by atoms with Gasteiger partial charge in [-0.2, -0.15) is 0 Å². The molecule has 0 aliphatic heterocycles. The summed E-state index contributed by atoms with van der Waals surface area (Å²) in [4.78, 5) is 5.45. The van der Waals surface area contributed by atoms with Crippen LogP contribution < -0.4 is 10.5 Å². The van der Waals surface area contributed by atoms with Crippen LogP contribution in [0.4, 0.5) is 0 Å². The van der Waals surface area contributed by atoms with Crippen molar-refractivity contribution in [1.29, 1.82) is 0 Å². The first kappa shape index (κ1) is 13.3. The highest BCUT2D eigenvalue weighted by Gasteiger charge is 2.19. The highest BCUT2D eigenvalue weighted by molar-refractivity contribution is 7.11. The number of aromatic nitrogens is 1. The molecule has 1 aromatic carbocycles. The number of aryl methyl sites for hydroxylation is 2. The Morgan fingerprint density at radius 2 is 2.11 bits per heavy atom. The molecule has 0 amide bonds. The van der Waals surface area contributed by atoms with Gasteiger partial charge in [0.15, 0.2) is 0 Å². The van der Waals surface area contributed by atoms with Gasteiger partial charge in [-0.15, -0.1) is 11.3 Å². The molecule has 1 aromatic heterocycles. The van der Waals surface area contributed by atoms with E-state index in [4.69, 9.17) is 22.1 Å². The number of hydrogen-bond donors (Lipinski definition) is 1. The lowest BCUT2D eigenvalue weighted by Gasteiger charge is -2.15. The summed E-state index contributed by atoms with van der Waals surface area (Å²) in [5, 5.41) is 1.67. The molecule has 0 aliphatic carbocycles. The van der Waals surface area contributed by atoms with E-state index in [1.54, 1.807) is 24.5 Å². The molecule has 5 heteroatoms. The van der Waals surface area contributed by atoms with Crippen LogP contribution in [0.5, 0.6) is 5.75 Å². The minimum absolute atomic E-state index is 0.259. The fourth-order valence-electron chi connectivity index (χ4n) is 1.93. The Morgan fingerprint density at radius 1 is 1.39 bits per heavy atom. The van der Waals surface area contributed by atoms with Crippen LogP contribution >= 0.6 is 22.9 Å². The lowest BCUT2D eigenvalue weighted by molar-refractivity contribution is 0.408. The first-order chi connectivity index (χ1) is 8.52. The van der Waals surface area contributed by atoms with Gasteiger partial charge < -0.3 is 10.5 Å². The van der Waals surface area contributed by atoms with Crippen LogP contribution in [-0.4, -0.2) is 12.1 Å². The highest BCUT2D eigenvalue weighted by atomic mass is 35.5. The Balaban J connectivity index is 2.48. The highest BCUT2D eigenvalue weighted by Crippen LogP contribution is 2.34. The van der Waals surface area contributed by atoms with Crippen molar-refractivity contribution in [3.05, 3.63) is 44.4 Å².